The second kappa shape index (κ2) is 5.29. The van der Waals surface area contributed by atoms with Crippen LogP contribution < -0.4 is 10.1 Å². The minimum atomic E-state index is -0.336. The number of hydrogen-bond donors (Lipinski definition) is 1. The Kier molecular flexibility index (Phi) is 3.76. The Labute approximate surface area is 104 Å². The molecule has 4 heteroatoms. The van der Waals surface area contributed by atoms with E-state index in [1.165, 1.54) is 18.1 Å². The number of methoxy groups -OCH3 is 1. The molecule has 1 aromatic heterocycles. The maximum Gasteiger partial charge on any atom is 0.165 e. The summed E-state index contributed by atoms with van der Waals surface area (Å²) in [4.78, 5) is 1.20. The minimum absolute atomic E-state index is 0.0736. The van der Waals surface area contributed by atoms with Crippen LogP contribution in [0.15, 0.2) is 35.7 Å². The van der Waals surface area contributed by atoms with Crippen molar-refractivity contribution in [3.63, 3.8) is 0 Å². The zero-order valence-electron chi connectivity index (χ0n) is 9.74. The molecule has 0 saturated carbocycles. The van der Waals surface area contributed by atoms with E-state index in [0.29, 0.717) is 0 Å². The number of ether oxygens (including phenoxy) is 1. The van der Waals surface area contributed by atoms with Crippen molar-refractivity contribution in [3.8, 4) is 5.75 Å². The molecule has 1 aromatic carbocycles. The highest BCUT2D eigenvalue weighted by Gasteiger charge is 2.15. The predicted molar refractivity (Wildman–Crippen MR) is 68.2 cm³/mol. The molecule has 1 N–H and O–H groups in total. The van der Waals surface area contributed by atoms with Gasteiger partial charge in [0.1, 0.15) is 0 Å². The summed E-state index contributed by atoms with van der Waals surface area (Å²) in [5, 5.41) is 5.25. The Morgan fingerprint density at radius 1 is 1.35 bits per heavy atom. The van der Waals surface area contributed by atoms with Crippen LogP contribution in [0.25, 0.3) is 0 Å². The lowest BCUT2D eigenvalue weighted by molar-refractivity contribution is 0.385. The first-order chi connectivity index (χ1) is 8.26. The zero-order valence-corrected chi connectivity index (χ0v) is 10.6. The zero-order chi connectivity index (χ0) is 12.3. The van der Waals surface area contributed by atoms with E-state index < -0.39 is 0 Å². The van der Waals surface area contributed by atoms with Gasteiger partial charge in [0, 0.05) is 4.88 Å². The molecule has 0 aliphatic rings. The van der Waals surface area contributed by atoms with E-state index >= 15 is 0 Å². The smallest absolute Gasteiger partial charge is 0.165 e. The fourth-order valence-electron chi connectivity index (χ4n) is 1.78. The second-order valence-corrected chi connectivity index (χ2v) is 4.61. The molecule has 90 valence electrons. The summed E-state index contributed by atoms with van der Waals surface area (Å²) in [6.07, 6.45) is 0. The third-order valence-electron chi connectivity index (χ3n) is 2.62. The fourth-order valence-corrected chi connectivity index (χ4v) is 2.65. The van der Waals surface area contributed by atoms with Crippen LogP contribution >= 0.6 is 11.3 Å². The van der Waals surface area contributed by atoms with E-state index in [1.54, 1.807) is 23.5 Å². The Hall–Kier alpha value is -1.39. The van der Waals surface area contributed by atoms with Crippen LogP contribution in [0, 0.1) is 5.82 Å². The largest absolute Gasteiger partial charge is 0.494 e. The topological polar surface area (TPSA) is 21.3 Å². The lowest BCUT2D eigenvalue weighted by Gasteiger charge is -2.16. The van der Waals surface area contributed by atoms with Crippen molar-refractivity contribution in [2.45, 2.75) is 6.04 Å². The normalized spacial score (nSPS) is 12.4. The van der Waals surface area contributed by atoms with Gasteiger partial charge < -0.3 is 10.1 Å². The Morgan fingerprint density at radius 2 is 2.18 bits per heavy atom. The Bertz CT molecular complexity index is 484. The highest BCUT2D eigenvalue weighted by molar-refractivity contribution is 7.10. The summed E-state index contributed by atoms with van der Waals surface area (Å²) in [7, 11) is 3.36. The quantitative estimate of drug-likeness (QED) is 0.901. The lowest BCUT2D eigenvalue weighted by Crippen LogP contribution is -2.16. The van der Waals surface area contributed by atoms with E-state index in [-0.39, 0.29) is 17.6 Å². The maximum atomic E-state index is 13.3. The molecule has 0 bridgehead atoms. The molecule has 2 nitrogen and oxygen atoms in total. The van der Waals surface area contributed by atoms with Crippen molar-refractivity contribution < 1.29 is 9.13 Å². The molecule has 0 radical (unpaired) electrons. The van der Waals surface area contributed by atoms with Gasteiger partial charge in [-0.25, -0.2) is 4.39 Å². The van der Waals surface area contributed by atoms with Crippen molar-refractivity contribution in [2.24, 2.45) is 0 Å². The van der Waals surface area contributed by atoms with E-state index in [9.17, 15) is 4.39 Å². The highest BCUT2D eigenvalue weighted by atomic mass is 32.1. The van der Waals surface area contributed by atoms with E-state index in [1.807, 2.05) is 18.5 Å². The summed E-state index contributed by atoms with van der Waals surface area (Å²) in [5.74, 6) is -0.0587. The van der Waals surface area contributed by atoms with Crippen LogP contribution in [0.5, 0.6) is 5.75 Å². The molecule has 0 spiro atoms. The lowest BCUT2D eigenvalue weighted by atomic mass is 10.1. The first kappa shape index (κ1) is 12.1. The number of hydrogen-bond acceptors (Lipinski definition) is 3. The molecular weight excluding hydrogens is 237 g/mol. The summed E-state index contributed by atoms with van der Waals surface area (Å²) < 4.78 is 18.3. The molecule has 0 amide bonds. The molecule has 1 unspecified atom stereocenters. The number of thiophene rings is 1. The van der Waals surface area contributed by atoms with Gasteiger partial charge in [-0.2, -0.15) is 0 Å². The summed E-state index contributed by atoms with van der Waals surface area (Å²) in [6.45, 7) is 0. The summed E-state index contributed by atoms with van der Waals surface area (Å²) >= 11 is 1.67. The standard InChI is InChI=1S/C13H14FNOS/c1-15-13(12-4-3-7-17-12)9-5-6-10(14)11(8-9)16-2/h3-8,13,15H,1-2H3. The summed E-state index contributed by atoms with van der Waals surface area (Å²) in [6, 6.07) is 9.08. The third kappa shape index (κ3) is 2.48. The van der Waals surface area contributed by atoms with Gasteiger partial charge in [-0.05, 0) is 36.2 Å². The van der Waals surface area contributed by atoms with Gasteiger partial charge in [0.25, 0.3) is 0 Å². The third-order valence-corrected chi connectivity index (χ3v) is 3.56. The van der Waals surface area contributed by atoms with Crippen molar-refractivity contribution in [2.75, 3.05) is 14.2 Å². The first-order valence-corrected chi connectivity index (χ1v) is 6.18. The van der Waals surface area contributed by atoms with Gasteiger partial charge >= 0.3 is 0 Å². The van der Waals surface area contributed by atoms with Crippen LogP contribution in [-0.2, 0) is 0 Å². The summed E-state index contributed by atoms with van der Waals surface area (Å²) in [5.41, 5.74) is 0.994. The molecule has 0 fully saturated rings. The molecule has 0 saturated heterocycles. The molecule has 2 rings (SSSR count). The number of benzene rings is 1. The molecule has 0 aliphatic heterocycles. The number of halogens is 1. The average molecular weight is 251 g/mol. The molecule has 1 heterocycles. The first-order valence-electron chi connectivity index (χ1n) is 5.30. The van der Waals surface area contributed by atoms with E-state index in [0.717, 1.165) is 5.56 Å². The van der Waals surface area contributed by atoms with Crippen LogP contribution in [0.3, 0.4) is 0 Å². The van der Waals surface area contributed by atoms with Gasteiger partial charge in [-0.15, -0.1) is 11.3 Å². The second-order valence-electron chi connectivity index (χ2n) is 3.63. The predicted octanol–water partition coefficient (Wildman–Crippen LogP) is 3.20. The fraction of sp³-hybridized carbons (Fsp3) is 0.231. The average Bonchev–Trinajstić information content (AvgIpc) is 2.86. The van der Waals surface area contributed by atoms with Crippen LogP contribution in [0.4, 0.5) is 4.39 Å². The minimum Gasteiger partial charge on any atom is -0.494 e. The van der Waals surface area contributed by atoms with Crippen molar-refractivity contribution >= 4 is 11.3 Å². The Morgan fingerprint density at radius 3 is 2.76 bits per heavy atom. The van der Waals surface area contributed by atoms with Gasteiger partial charge in [-0.3, -0.25) is 0 Å². The molecule has 1 atom stereocenters. The molecule has 2 aromatic rings. The van der Waals surface area contributed by atoms with Crippen molar-refractivity contribution in [1.82, 2.24) is 5.32 Å². The van der Waals surface area contributed by atoms with E-state index in [2.05, 4.69) is 11.4 Å². The van der Waals surface area contributed by atoms with Crippen LogP contribution in [0.2, 0.25) is 0 Å². The van der Waals surface area contributed by atoms with Crippen LogP contribution in [0.1, 0.15) is 16.5 Å². The number of nitrogens with one attached hydrogen (secondary N) is 1. The van der Waals surface area contributed by atoms with Crippen molar-refractivity contribution in [3.05, 3.63) is 52.0 Å². The number of rotatable bonds is 4. The van der Waals surface area contributed by atoms with Crippen molar-refractivity contribution in [1.29, 1.82) is 0 Å². The molecule has 17 heavy (non-hydrogen) atoms. The van der Waals surface area contributed by atoms with Gasteiger partial charge in [0.2, 0.25) is 0 Å². The monoisotopic (exact) mass is 251 g/mol. The SMILES string of the molecule is CNC(c1ccc(F)c(OC)c1)c1cccs1. The van der Waals surface area contributed by atoms with Gasteiger partial charge in [0.15, 0.2) is 11.6 Å². The van der Waals surface area contributed by atoms with Gasteiger partial charge in [-0.1, -0.05) is 12.1 Å². The molecular formula is C13H14FNOS. The van der Waals surface area contributed by atoms with E-state index in [4.69, 9.17) is 4.74 Å². The highest BCUT2D eigenvalue weighted by Crippen LogP contribution is 2.29. The van der Waals surface area contributed by atoms with Crippen LogP contribution in [-0.4, -0.2) is 14.2 Å². The molecule has 0 aliphatic carbocycles. The Balaban J connectivity index is 2.38. The maximum absolute atomic E-state index is 13.3. The van der Waals surface area contributed by atoms with Gasteiger partial charge in [0.05, 0.1) is 13.2 Å².